The van der Waals surface area contributed by atoms with Gasteiger partial charge in [-0.15, -0.1) is 0 Å². The molecular formula is C21H25FN4O2. The number of hydrogen-bond donors (Lipinski definition) is 2. The molecule has 2 aromatic carbocycles. The molecule has 3 rings (SSSR count). The van der Waals surface area contributed by atoms with Crippen LogP contribution in [0.5, 0.6) is 0 Å². The minimum atomic E-state index is -0.279. The van der Waals surface area contributed by atoms with Crippen LogP contribution in [0.1, 0.15) is 12.0 Å². The molecule has 0 unspecified atom stereocenters. The molecular weight excluding hydrogens is 359 g/mol. The molecule has 0 radical (unpaired) electrons. The number of aliphatic hydroxyl groups is 1. The molecule has 0 atom stereocenters. The first-order valence-corrected chi connectivity index (χ1v) is 8.85. The topological polar surface area (TPSA) is 70.4 Å². The van der Waals surface area contributed by atoms with E-state index in [9.17, 15) is 9.50 Å². The molecule has 1 aromatic heterocycles. The molecule has 1 heterocycles. The maximum absolute atomic E-state index is 13.2. The lowest BCUT2D eigenvalue weighted by atomic mass is 10.1. The Bertz CT molecular complexity index is 920. The minimum Gasteiger partial charge on any atom is -0.513 e. The third-order valence-corrected chi connectivity index (χ3v) is 4.20. The number of aromatic nitrogens is 2. The van der Waals surface area contributed by atoms with Crippen molar-refractivity contribution in [1.29, 1.82) is 0 Å². The van der Waals surface area contributed by atoms with E-state index < -0.39 is 0 Å². The van der Waals surface area contributed by atoms with E-state index in [4.69, 9.17) is 4.79 Å². The molecule has 0 bridgehead atoms. The number of hydrogen-bond acceptors (Lipinski definition) is 5. The number of nitrogens with zero attached hydrogens (tertiary/aromatic N) is 3. The largest absolute Gasteiger partial charge is 0.513 e. The zero-order chi connectivity index (χ0) is 20.5. The van der Waals surface area contributed by atoms with Gasteiger partial charge in [-0.1, -0.05) is 12.1 Å². The highest BCUT2D eigenvalue weighted by Gasteiger charge is 2.12. The van der Waals surface area contributed by atoms with Gasteiger partial charge >= 0.3 is 0 Å². The fraction of sp³-hybridized carbons (Fsp3) is 0.238. The number of carbonyl (C=O) groups excluding carboxylic acids is 1. The first kappa shape index (κ1) is 21.1. The van der Waals surface area contributed by atoms with Gasteiger partial charge in [0.2, 0.25) is 0 Å². The molecule has 6 nitrogen and oxygen atoms in total. The Morgan fingerprint density at radius 1 is 1.25 bits per heavy atom. The van der Waals surface area contributed by atoms with Gasteiger partial charge in [-0.2, -0.15) is 5.10 Å². The summed E-state index contributed by atoms with van der Waals surface area (Å²) in [6.45, 7) is 3.73. The molecule has 0 fully saturated rings. The van der Waals surface area contributed by atoms with Crippen molar-refractivity contribution in [2.45, 2.75) is 6.42 Å². The standard InChI is InChI=1S/C20H23FN4O.CH2O/c1-24(2)12-4-11-22-19(14-26)17-5-3-6-20-18(17)13-23-25(20)16-9-7-15(21)8-10-16;1-2/h3,5-10,13-14,22,26H,4,11-12H2,1-2H3;1H2/b19-14-;. The maximum atomic E-state index is 13.2. The quantitative estimate of drug-likeness (QED) is 0.483. The Labute approximate surface area is 163 Å². The van der Waals surface area contributed by atoms with Crippen LogP contribution >= 0.6 is 0 Å². The minimum absolute atomic E-state index is 0.279. The van der Waals surface area contributed by atoms with Gasteiger partial charge in [0, 0.05) is 17.5 Å². The summed E-state index contributed by atoms with van der Waals surface area (Å²) in [5.41, 5.74) is 3.21. The predicted octanol–water partition coefficient (Wildman–Crippen LogP) is 3.38. The van der Waals surface area contributed by atoms with E-state index in [1.54, 1.807) is 23.0 Å². The van der Waals surface area contributed by atoms with Gasteiger partial charge in [-0.3, -0.25) is 0 Å². The van der Waals surface area contributed by atoms with Crippen LogP contribution in [-0.2, 0) is 4.79 Å². The highest BCUT2D eigenvalue weighted by atomic mass is 19.1. The van der Waals surface area contributed by atoms with Crippen molar-refractivity contribution in [2.24, 2.45) is 0 Å². The molecule has 0 spiro atoms. The smallest absolute Gasteiger partial charge is 0.123 e. The number of fused-ring (bicyclic) bond motifs is 1. The number of benzene rings is 2. The average Bonchev–Trinajstić information content (AvgIpc) is 3.14. The number of aliphatic hydroxyl groups excluding tert-OH is 1. The van der Waals surface area contributed by atoms with Crippen molar-refractivity contribution >= 4 is 23.4 Å². The molecule has 148 valence electrons. The Kier molecular flexibility index (Phi) is 7.71. The summed E-state index contributed by atoms with van der Waals surface area (Å²) in [5.74, 6) is -0.279. The van der Waals surface area contributed by atoms with Gasteiger partial charge in [-0.25, -0.2) is 9.07 Å². The summed E-state index contributed by atoms with van der Waals surface area (Å²) >= 11 is 0. The first-order chi connectivity index (χ1) is 13.6. The monoisotopic (exact) mass is 384 g/mol. The highest BCUT2D eigenvalue weighted by Crippen LogP contribution is 2.25. The zero-order valence-electron chi connectivity index (χ0n) is 16.1. The van der Waals surface area contributed by atoms with Crippen molar-refractivity contribution in [3.63, 3.8) is 0 Å². The molecule has 28 heavy (non-hydrogen) atoms. The molecule has 3 aromatic rings. The van der Waals surface area contributed by atoms with Gasteiger partial charge in [-0.05, 0) is 57.4 Å². The predicted molar refractivity (Wildman–Crippen MR) is 110 cm³/mol. The third kappa shape index (κ3) is 4.95. The van der Waals surface area contributed by atoms with E-state index in [-0.39, 0.29) is 5.82 Å². The molecule has 0 amide bonds. The van der Waals surface area contributed by atoms with Gasteiger partial charge < -0.3 is 20.1 Å². The lowest BCUT2D eigenvalue weighted by molar-refractivity contribution is -0.0979. The second-order valence-corrected chi connectivity index (χ2v) is 6.40. The van der Waals surface area contributed by atoms with Crippen LogP contribution in [0.3, 0.4) is 0 Å². The summed E-state index contributed by atoms with van der Waals surface area (Å²) in [7, 11) is 4.07. The van der Waals surface area contributed by atoms with Crippen LogP contribution in [0, 0.1) is 5.82 Å². The van der Waals surface area contributed by atoms with E-state index in [0.29, 0.717) is 5.70 Å². The van der Waals surface area contributed by atoms with E-state index in [0.717, 1.165) is 47.9 Å². The molecule has 0 saturated carbocycles. The Morgan fingerprint density at radius 2 is 1.96 bits per heavy atom. The van der Waals surface area contributed by atoms with Crippen LogP contribution in [0.2, 0.25) is 0 Å². The van der Waals surface area contributed by atoms with Gasteiger partial charge in [0.1, 0.15) is 18.9 Å². The van der Waals surface area contributed by atoms with Crippen LogP contribution in [0.15, 0.2) is 54.9 Å². The maximum Gasteiger partial charge on any atom is 0.123 e. The fourth-order valence-corrected chi connectivity index (χ4v) is 2.90. The summed E-state index contributed by atoms with van der Waals surface area (Å²) in [5, 5.41) is 18.3. The number of nitrogens with one attached hydrogen (secondary N) is 1. The molecule has 0 saturated heterocycles. The van der Waals surface area contributed by atoms with Crippen molar-refractivity contribution < 1.29 is 14.3 Å². The molecule has 2 N–H and O–H groups in total. The SMILES string of the molecule is C=O.CN(C)CCCN/C(=C\O)c1cccc2c1cnn2-c1ccc(F)cc1. The van der Waals surface area contributed by atoms with Gasteiger partial charge in [0.05, 0.1) is 23.1 Å². The fourth-order valence-electron chi connectivity index (χ4n) is 2.90. The van der Waals surface area contributed by atoms with Crippen molar-refractivity contribution in [3.05, 3.63) is 66.3 Å². The Balaban J connectivity index is 0.00000136. The van der Waals surface area contributed by atoms with Crippen molar-refractivity contribution in [2.75, 3.05) is 27.2 Å². The van der Waals surface area contributed by atoms with E-state index >= 15 is 0 Å². The van der Waals surface area contributed by atoms with Gasteiger partial charge in [0.25, 0.3) is 0 Å². The normalized spacial score (nSPS) is 11.4. The van der Waals surface area contributed by atoms with E-state index in [1.807, 2.05) is 39.1 Å². The average molecular weight is 384 g/mol. The molecule has 0 aliphatic carbocycles. The third-order valence-electron chi connectivity index (χ3n) is 4.20. The number of rotatable bonds is 7. The lowest BCUT2D eigenvalue weighted by Gasteiger charge is -2.13. The second kappa shape index (κ2) is 10.2. The molecule has 7 heteroatoms. The van der Waals surface area contributed by atoms with Crippen LogP contribution < -0.4 is 5.32 Å². The first-order valence-electron chi connectivity index (χ1n) is 8.85. The number of carbonyl (C=O) groups is 1. The molecule has 0 aliphatic rings. The zero-order valence-corrected chi connectivity index (χ0v) is 16.1. The Hall–Kier alpha value is -3.19. The van der Waals surface area contributed by atoms with Gasteiger partial charge in [0.15, 0.2) is 0 Å². The van der Waals surface area contributed by atoms with Crippen molar-refractivity contribution in [3.8, 4) is 5.69 Å². The van der Waals surface area contributed by atoms with Crippen LogP contribution in [-0.4, -0.2) is 53.8 Å². The Morgan fingerprint density at radius 3 is 2.61 bits per heavy atom. The summed E-state index contributed by atoms with van der Waals surface area (Å²) in [6.07, 6.45) is 3.83. The lowest BCUT2D eigenvalue weighted by Crippen LogP contribution is -2.20. The second-order valence-electron chi connectivity index (χ2n) is 6.40. The van der Waals surface area contributed by atoms with Crippen molar-refractivity contribution in [1.82, 2.24) is 20.0 Å². The van der Waals surface area contributed by atoms with E-state index in [1.165, 1.54) is 12.1 Å². The van der Waals surface area contributed by atoms with Crippen LogP contribution in [0.25, 0.3) is 22.3 Å². The summed E-state index contributed by atoms with van der Waals surface area (Å²) < 4.78 is 14.9. The highest BCUT2D eigenvalue weighted by molar-refractivity contribution is 5.92. The molecule has 0 aliphatic heterocycles. The summed E-state index contributed by atoms with van der Waals surface area (Å²) in [4.78, 5) is 10.1. The summed E-state index contributed by atoms with van der Waals surface area (Å²) in [6, 6.07) is 12.0. The number of halogens is 1. The van der Waals surface area contributed by atoms with E-state index in [2.05, 4.69) is 15.3 Å². The van der Waals surface area contributed by atoms with Crippen LogP contribution in [0.4, 0.5) is 4.39 Å².